The van der Waals surface area contributed by atoms with Crippen molar-refractivity contribution in [3.8, 4) is 17.0 Å². The van der Waals surface area contributed by atoms with E-state index >= 15 is 0 Å². The molecular weight excluding hydrogens is 430 g/mol. The molecule has 0 fully saturated rings. The van der Waals surface area contributed by atoms with E-state index < -0.39 is 10.0 Å². The fourth-order valence-corrected chi connectivity index (χ4v) is 5.72. The molecule has 4 aromatic rings. The fraction of sp³-hybridized carbons (Fsp3) is 0.130. The molecule has 0 saturated heterocycles. The molecule has 8 heteroatoms. The van der Waals surface area contributed by atoms with Crippen molar-refractivity contribution in [1.82, 2.24) is 9.97 Å². The smallest absolute Gasteiger partial charge is 0.274 e. The molecule has 158 valence electrons. The molecule has 0 saturated carbocycles. The van der Waals surface area contributed by atoms with Gasteiger partial charge in [-0.25, -0.2) is 13.4 Å². The summed E-state index contributed by atoms with van der Waals surface area (Å²) in [7, 11) is -2.25. The van der Waals surface area contributed by atoms with E-state index in [-0.39, 0.29) is 10.8 Å². The predicted octanol–water partition coefficient (Wildman–Crippen LogP) is 4.92. The molecule has 31 heavy (non-hydrogen) atoms. The number of anilines is 1. The van der Waals surface area contributed by atoms with Gasteiger partial charge in [0.15, 0.2) is 0 Å². The van der Waals surface area contributed by atoms with E-state index in [2.05, 4.69) is 23.0 Å². The van der Waals surface area contributed by atoms with Crippen molar-refractivity contribution >= 4 is 27.0 Å². The highest BCUT2D eigenvalue weighted by Gasteiger charge is 2.27. The number of aryl methyl sites for hydroxylation is 1. The van der Waals surface area contributed by atoms with Crippen LogP contribution in [-0.2, 0) is 16.6 Å². The van der Waals surface area contributed by atoms with Gasteiger partial charge in [-0.15, -0.1) is 11.3 Å². The Morgan fingerprint density at radius 2 is 1.81 bits per heavy atom. The first kappa shape index (κ1) is 21.0. The van der Waals surface area contributed by atoms with Crippen molar-refractivity contribution in [1.29, 1.82) is 0 Å². The number of rotatable bonds is 7. The monoisotopic (exact) mass is 451 g/mol. The Bertz CT molecular complexity index is 1250. The number of hydrogen-bond acceptors (Lipinski definition) is 6. The molecule has 0 atom stereocenters. The average Bonchev–Trinajstić information content (AvgIpc) is 3.34. The quantitative estimate of drug-likeness (QED) is 0.399. The largest absolute Gasteiger partial charge is 0.481 e. The highest BCUT2D eigenvalue weighted by Crippen LogP contribution is 2.29. The van der Waals surface area contributed by atoms with Crippen LogP contribution in [0, 0.1) is 6.92 Å². The molecule has 0 unspecified atom stereocenters. The Balaban J connectivity index is 1.68. The summed E-state index contributed by atoms with van der Waals surface area (Å²) in [6, 6.07) is 18.5. The average molecular weight is 452 g/mol. The van der Waals surface area contributed by atoms with Crippen LogP contribution in [-0.4, -0.2) is 25.5 Å². The van der Waals surface area contributed by atoms with Gasteiger partial charge in [0.25, 0.3) is 10.0 Å². The summed E-state index contributed by atoms with van der Waals surface area (Å²) in [6.45, 7) is 2.14. The molecular formula is C23H21N3O3S2. The minimum absolute atomic E-state index is 0.0856. The molecule has 0 bridgehead atoms. The summed E-state index contributed by atoms with van der Waals surface area (Å²) >= 11 is 1.18. The molecule has 0 aliphatic heterocycles. The second-order valence-electron chi connectivity index (χ2n) is 6.86. The number of hydrogen-bond donors (Lipinski definition) is 0. The zero-order valence-electron chi connectivity index (χ0n) is 17.1. The molecule has 0 radical (unpaired) electrons. The molecule has 0 spiro atoms. The zero-order chi connectivity index (χ0) is 21.8. The summed E-state index contributed by atoms with van der Waals surface area (Å²) < 4.78 is 33.4. The predicted molar refractivity (Wildman–Crippen MR) is 123 cm³/mol. The second kappa shape index (κ2) is 8.87. The topological polar surface area (TPSA) is 72.4 Å². The molecule has 0 N–H and O–H groups in total. The SMILES string of the molecule is COc1ccc(N(Cc2ccc(-c3ccccc3C)cn2)S(=O)(=O)c2cccs2)cn1. The fourth-order valence-electron chi connectivity index (χ4n) is 3.20. The maximum absolute atomic E-state index is 13.3. The van der Waals surface area contributed by atoms with Gasteiger partial charge in [0, 0.05) is 17.8 Å². The highest BCUT2D eigenvalue weighted by atomic mass is 32.2. The molecule has 6 nitrogen and oxygen atoms in total. The molecule has 0 aliphatic carbocycles. The van der Waals surface area contributed by atoms with Crippen LogP contribution in [0.15, 0.2) is 82.6 Å². The van der Waals surface area contributed by atoms with Gasteiger partial charge >= 0.3 is 0 Å². The molecule has 3 aromatic heterocycles. The zero-order valence-corrected chi connectivity index (χ0v) is 18.7. The van der Waals surface area contributed by atoms with Crippen LogP contribution in [0.5, 0.6) is 5.88 Å². The number of sulfonamides is 1. The van der Waals surface area contributed by atoms with E-state index in [4.69, 9.17) is 4.74 Å². The molecule has 0 amide bonds. The Hall–Kier alpha value is -3.23. The Morgan fingerprint density at radius 1 is 0.968 bits per heavy atom. The van der Waals surface area contributed by atoms with Crippen molar-refractivity contribution in [2.45, 2.75) is 17.7 Å². The molecule has 3 heterocycles. The summed E-state index contributed by atoms with van der Waals surface area (Å²) in [6.07, 6.45) is 3.27. The van der Waals surface area contributed by atoms with Crippen LogP contribution < -0.4 is 9.04 Å². The van der Waals surface area contributed by atoms with Gasteiger partial charge in [0.1, 0.15) is 4.21 Å². The normalized spacial score (nSPS) is 11.3. The van der Waals surface area contributed by atoms with E-state index in [9.17, 15) is 8.42 Å². The van der Waals surface area contributed by atoms with Gasteiger partial charge in [-0.3, -0.25) is 9.29 Å². The third-order valence-electron chi connectivity index (χ3n) is 4.84. The van der Waals surface area contributed by atoms with Gasteiger partial charge in [-0.2, -0.15) is 0 Å². The number of pyridine rings is 2. The summed E-state index contributed by atoms with van der Waals surface area (Å²) in [5.74, 6) is 0.415. The van der Waals surface area contributed by atoms with Crippen molar-refractivity contribution in [3.05, 3.63) is 89.7 Å². The first-order valence-electron chi connectivity index (χ1n) is 9.56. The Labute approximate surface area is 185 Å². The van der Waals surface area contributed by atoms with Crippen LogP contribution in [0.3, 0.4) is 0 Å². The first-order valence-corrected chi connectivity index (χ1v) is 11.9. The number of benzene rings is 1. The Kier molecular flexibility index (Phi) is 6.01. The lowest BCUT2D eigenvalue weighted by Crippen LogP contribution is -2.30. The molecule has 4 rings (SSSR count). The van der Waals surface area contributed by atoms with Crippen LogP contribution in [0.2, 0.25) is 0 Å². The first-order chi connectivity index (χ1) is 15.0. The maximum atomic E-state index is 13.3. The maximum Gasteiger partial charge on any atom is 0.274 e. The molecule has 1 aromatic carbocycles. The second-order valence-corrected chi connectivity index (χ2v) is 9.89. The van der Waals surface area contributed by atoms with Crippen LogP contribution >= 0.6 is 11.3 Å². The standard InChI is InChI=1S/C23H21N3O3S2/c1-17-6-3-4-7-21(17)18-9-10-19(24-14-18)16-26(20-11-12-22(29-2)25-15-20)31(27,28)23-8-5-13-30-23/h3-15H,16H2,1-2H3. The van der Waals surface area contributed by atoms with Gasteiger partial charge < -0.3 is 4.74 Å². The van der Waals surface area contributed by atoms with Gasteiger partial charge in [0.2, 0.25) is 5.88 Å². The van der Waals surface area contributed by atoms with E-state index in [0.29, 0.717) is 17.3 Å². The van der Waals surface area contributed by atoms with Crippen molar-refractivity contribution in [3.63, 3.8) is 0 Å². The summed E-state index contributed by atoms with van der Waals surface area (Å²) in [4.78, 5) is 8.71. The van der Waals surface area contributed by atoms with Crippen molar-refractivity contribution in [2.75, 3.05) is 11.4 Å². The number of nitrogens with zero attached hydrogens (tertiary/aromatic N) is 3. The lowest BCUT2D eigenvalue weighted by molar-refractivity contribution is 0.398. The van der Waals surface area contributed by atoms with Crippen LogP contribution in [0.1, 0.15) is 11.3 Å². The minimum Gasteiger partial charge on any atom is -0.481 e. The third kappa shape index (κ3) is 4.45. The number of methoxy groups -OCH3 is 1. The number of thiophene rings is 1. The number of aromatic nitrogens is 2. The lowest BCUT2D eigenvalue weighted by Gasteiger charge is -2.23. The van der Waals surface area contributed by atoms with E-state index in [0.717, 1.165) is 16.7 Å². The van der Waals surface area contributed by atoms with E-state index in [1.165, 1.54) is 28.9 Å². The third-order valence-corrected chi connectivity index (χ3v) is 7.99. The van der Waals surface area contributed by atoms with Crippen molar-refractivity contribution in [2.24, 2.45) is 0 Å². The van der Waals surface area contributed by atoms with Gasteiger partial charge in [0.05, 0.1) is 31.2 Å². The van der Waals surface area contributed by atoms with Crippen LogP contribution in [0.4, 0.5) is 5.69 Å². The van der Waals surface area contributed by atoms with Crippen molar-refractivity contribution < 1.29 is 13.2 Å². The van der Waals surface area contributed by atoms with Gasteiger partial charge in [-0.1, -0.05) is 36.4 Å². The highest BCUT2D eigenvalue weighted by molar-refractivity contribution is 7.94. The van der Waals surface area contributed by atoms with E-state index in [1.807, 2.05) is 30.3 Å². The summed E-state index contributed by atoms with van der Waals surface area (Å²) in [5, 5.41) is 1.74. The summed E-state index contributed by atoms with van der Waals surface area (Å²) in [5.41, 5.74) is 4.32. The van der Waals surface area contributed by atoms with Crippen LogP contribution in [0.25, 0.3) is 11.1 Å². The lowest BCUT2D eigenvalue weighted by atomic mass is 10.0. The molecule has 0 aliphatic rings. The Morgan fingerprint density at radius 3 is 2.42 bits per heavy atom. The number of ether oxygens (including phenoxy) is 1. The minimum atomic E-state index is -3.77. The van der Waals surface area contributed by atoms with Gasteiger partial charge in [-0.05, 0) is 41.6 Å². The van der Waals surface area contributed by atoms with E-state index in [1.54, 1.807) is 35.8 Å².